The van der Waals surface area contributed by atoms with Gasteiger partial charge in [0.15, 0.2) is 0 Å². The Kier molecular flexibility index (Phi) is 94.6. The first kappa shape index (κ1) is 46.9. The molecule has 0 fully saturated rings. The minimum Gasteiger partial charge on any atom is 0 e. The van der Waals surface area contributed by atoms with Crippen molar-refractivity contribution in [2.45, 2.75) is 0 Å². The van der Waals surface area contributed by atoms with Gasteiger partial charge in [0.25, 0.3) is 0 Å². The van der Waals surface area contributed by atoms with Gasteiger partial charge < -0.3 is 0 Å². The SMILES string of the molecule is CO[PH+](OC)OC.CO[PH+](OC)OC.CO[PH+](OC)OC.[C-]#[O+].[C-]#[O+].[C-]#[O+].[Mo]. The number of hydrogen-bond acceptors (Lipinski definition) is 9. The third-order valence-corrected chi connectivity index (χ3v) is 4.50. The minimum absolute atomic E-state index is 0. The van der Waals surface area contributed by atoms with Crippen molar-refractivity contribution >= 4 is 25.8 Å². The molecule has 0 radical (unpaired) electrons. The Morgan fingerprint density at radius 3 is 0.429 bits per heavy atom. The van der Waals surface area contributed by atoms with Crippen LogP contribution in [0.25, 0.3) is 0 Å². The Bertz CT molecular complexity index is 215. The largest absolute Gasteiger partial charge is 0 e. The van der Waals surface area contributed by atoms with E-state index in [-0.39, 0.29) is 21.1 Å². The summed E-state index contributed by atoms with van der Waals surface area (Å²) in [6, 6.07) is 0. The van der Waals surface area contributed by atoms with Gasteiger partial charge in [0.1, 0.15) is 0 Å². The van der Waals surface area contributed by atoms with Gasteiger partial charge in [-0.2, -0.15) is 40.7 Å². The van der Waals surface area contributed by atoms with Gasteiger partial charge in [-0.3, -0.25) is 0 Å². The summed E-state index contributed by atoms with van der Waals surface area (Å²) in [6.07, 6.45) is 0. The van der Waals surface area contributed by atoms with Crippen LogP contribution >= 0.6 is 25.8 Å². The van der Waals surface area contributed by atoms with E-state index in [4.69, 9.17) is 54.7 Å². The van der Waals surface area contributed by atoms with Crippen molar-refractivity contribution in [1.82, 2.24) is 0 Å². The van der Waals surface area contributed by atoms with E-state index >= 15 is 0 Å². The Hall–Kier alpha value is 0.838. The summed E-state index contributed by atoms with van der Waals surface area (Å²) < 4.78 is 64.9. The summed E-state index contributed by atoms with van der Waals surface area (Å²) in [5.41, 5.74) is 0. The van der Waals surface area contributed by atoms with Crippen molar-refractivity contribution in [3.8, 4) is 0 Å². The molecule has 0 amide bonds. The molecule has 168 valence electrons. The molecular formula is C12H30MoO12P3+3. The predicted molar refractivity (Wildman–Crippen MR) is 99.8 cm³/mol. The third-order valence-electron chi connectivity index (χ3n) is 1.50. The van der Waals surface area contributed by atoms with Crippen LogP contribution in [0.2, 0.25) is 0 Å². The van der Waals surface area contributed by atoms with Gasteiger partial charge in [-0.1, -0.05) is 0 Å². The van der Waals surface area contributed by atoms with Gasteiger partial charge in [0, 0.05) is 21.1 Å². The molecule has 0 unspecified atom stereocenters. The second-order valence-electron chi connectivity index (χ2n) is 2.59. The van der Waals surface area contributed by atoms with Crippen molar-refractivity contribution in [2.24, 2.45) is 0 Å². The van der Waals surface area contributed by atoms with Gasteiger partial charge in [0.05, 0.1) is 64.0 Å². The van der Waals surface area contributed by atoms with Crippen molar-refractivity contribution in [1.29, 1.82) is 0 Å². The Morgan fingerprint density at radius 1 is 0.357 bits per heavy atom. The quantitative estimate of drug-likeness (QED) is 0.182. The maximum absolute atomic E-state index is 7.50. The maximum Gasteiger partial charge on any atom is 0 e. The first-order valence-corrected chi connectivity index (χ1v) is 9.80. The molecule has 0 saturated heterocycles. The fourth-order valence-electron chi connectivity index (χ4n) is 0.750. The van der Waals surface area contributed by atoms with Gasteiger partial charge in [-0.05, 0) is 0 Å². The molecule has 0 aliphatic rings. The molecule has 0 spiro atoms. The molecule has 0 rings (SSSR count). The number of rotatable bonds is 9. The van der Waals surface area contributed by atoms with Crippen LogP contribution in [0.4, 0.5) is 0 Å². The summed E-state index contributed by atoms with van der Waals surface area (Å²) in [5.74, 6) is 0. The fourth-order valence-corrected chi connectivity index (χ4v) is 2.25. The van der Waals surface area contributed by atoms with Crippen LogP contribution in [0, 0.1) is 20.0 Å². The van der Waals surface area contributed by atoms with E-state index in [1.165, 1.54) is 0 Å². The Labute approximate surface area is 185 Å². The fraction of sp³-hybridized carbons (Fsp3) is 0.750. The Morgan fingerprint density at radius 2 is 0.429 bits per heavy atom. The molecule has 0 bridgehead atoms. The Balaban J connectivity index is -0.0000000408. The topological polar surface area (TPSA) is 143 Å². The smallest absolute Gasteiger partial charge is 0 e. The van der Waals surface area contributed by atoms with E-state index in [1.54, 1.807) is 64.0 Å². The number of hydrogen-bond donors (Lipinski definition) is 0. The normalized spacial score (nSPS) is 7.93. The van der Waals surface area contributed by atoms with Crippen LogP contribution in [0.1, 0.15) is 0 Å². The van der Waals surface area contributed by atoms with E-state index in [9.17, 15) is 0 Å². The van der Waals surface area contributed by atoms with Crippen LogP contribution in [-0.4, -0.2) is 64.0 Å². The average Bonchev–Trinajstić information content (AvgIpc) is 2.77. The molecular weight excluding hydrogens is 525 g/mol. The second kappa shape index (κ2) is 56.5. The van der Waals surface area contributed by atoms with Crippen molar-refractivity contribution in [3.63, 3.8) is 0 Å². The molecule has 0 saturated carbocycles. The minimum atomic E-state index is -1.36. The molecule has 0 aromatic carbocycles. The van der Waals surface area contributed by atoms with Gasteiger partial charge in [-0.15, -0.1) is 0 Å². The first-order valence-electron chi connectivity index (χ1n) is 6.12. The molecule has 16 heteroatoms. The second-order valence-corrected chi connectivity index (χ2v) is 7.76. The molecule has 0 aromatic heterocycles. The van der Waals surface area contributed by atoms with Crippen molar-refractivity contribution in [2.75, 3.05) is 64.0 Å². The van der Waals surface area contributed by atoms with Crippen LogP contribution in [0.3, 0.4) is 0 Å². The van der Waals surface area contributed by atoms with Crippen molar-refractivity contribution in [3.05, 3.63) is 20.0 Å². The average molecular weight is 555 g/mol. The van der Waals surface area contributed by atoms with E-state index in [0.29, 0.717) is 0 Å². The standard InChI is InChI=1S/3C3H10O3P.3CO.Mo/c3*1-4-7(5-2)6-3;3*1-2;/h3*7H,1-3H3;;;;/q3*+1;;;;. The summed E-state index contributed by atoms with van der Waals surface area (Å²) >= 11 is 0. The van der Waals surface area contributed by atoms with Crippen LogP contribution in [0.5, 0.6) is 0 Å². The van der Waals surface area contributed by atoms with E-state index in [0.717, 1.165) is 0 Å². The molecule has 0 heterocycles. The maximum atomic E-state index is 7.50. The molecule has 0 N–H and O–H groups in total. The van der Waals surface area contributed by atoms with E-state index < -0.39 is 25.8 Å². The van der Waals surface area contributed by atoms with Gasteiger partial charge in [-0.25, -0.2) is 0 Å². The van der Waals surface area contributed by atoms with E-state index in [2.05, 4.69) is 20.0 Å². The van der Waals surface area contributed by atoms with Gasteiger partial charge in [0.2, 0.25) is 0 Å². The molecule has 0 atom stereocenters. The van der Waals surface area contributed by atoms with Crippen LogP contribution in [0.15, 0.2) is 0 Å². The summed E-state index contributed by atoms with van der Waals surface area (Å²) in [7, 11) is 9.92. The van der Waals surface area contributed by atoms with E-state index in [1.807, 2.05) is 0 Å². The zero-order chi connectivity index (χ0) is 23.1. The van der Waals surface area contributed by atoms with Crippen LogP contribution in [-0.2, 0) is 75.7 Å². The predicted octanol–water partition coefficient (Wildman–Crippen LogP) is 2.54. The molecule has 0 aromatic rings. The van der Waals surface area contributed by atoms with Crippen LogP contribution < -0.4 is 0 Å². The molecule has 28 heavy (non-hydrogen) atoms. The van der Waals surface area contributed by atoms with Gasteiger partial charge >= 0.3 is 59.7 Å². The molecule has 0 aliphatic heterocycles. The summed E-state index contributed by atoms with van der Waals surface area (Å²) in [5, 5.41) is 0. The molecule has 12 nitrogen and oxygen atoms in total. The zero-order valence-electron chi connectivity index (χ0n) is 17.3. The van der Waals surface area contributed by atoms with Crippen molar-refractivity contribution < 1.29 is 75.7 Å². The summed E-state index contributed by atoms with van der Waals surface area (Å²) in [4.78, 5) is 0. The monoisotopic (exact) mass is 557 g/mol. The first-order chi connectivity index (χ1) is 13.0. The third kappa shape index (κ3) is 50.5. The summed E-state index contributed by atoms with van der Waals surface area (Å²) in [6.45, 7) is 13.5. The molecule has 0 aliphatic carbocycles. The zero-order valence-corrected chi connectivity index (χ0v) is 22.3.